The van der Waals surface area contributed by atoms with Crippen LogP contribution in [-0.4, -0.2) is 13.3 Å². The lowest BCUT2D eigenvalue weighted by Crippen LogP contribution is -2.12. The first-order valence-corrected chi connectivity index (χ1v) is 5.94. The Bertz CT molecular complexity index is 352. The lowest BCUT2D eigenvalue weighted by atomic mass is 9.93. The summed E-state index contributed by atoms with van der Waals surface area (Å²) >= 11 is 0. The van der Waals surface area contributed by atoms with E-state index in [9.17, 15) is 0 Å². The fourth-order valence-electron chi connectivity index (χ4n) is 2.04. The second-order valence-electron chi connectivity index (χ2n) is 4.19. The van der Waals surface area contributed by atoms with Crippen molar-refractivity contribution in [3.05, 3.63) is 23.8 Å². The van der Waals surface area contributed by atoms with Crippen LogP contribution in [-0.2, 0) is 0 Å². The number of hydrogen-bond acceptors (Lipinski definition) is 3. The summed E-state index contributed by atoms with van der Waals surface area (Å²) in [5.41, 5.74) is 7.08. The second-order valence-corrected chi connectivity index (χ2v) is 4.19. The predicted octanol–water partition coefficient (Wildman–Crippen LogP) is 2.65. The van der Waals surface area contributed by atoms with Gasteiger partial charge in [0.2, 0.25) is 6.79 Å². The molecule has 3 heteroatoms. The molecule has 3 nitrogen and oxygen atoms in total. The highest BCUT2D eigenvalue weighted by atomic mass is 16.7. The van der Waals surface area contributed by atoms with Gasteiger partial charge < -0.3 is 15.2 Å². The van der Waals surface area contributed by atoms with E-state index in [0.29, 0.717) is 19.3 Å². The molecule has 0 spiro atoms. The Morgan fingerprint density at radius 2 is 2.12 bits per heavy atom. The summed E-state index contributed by atoms with van der Waals surface area (Å²) in [7, 11) is 0. The first-order valence-electron chi connectivity index (χ1n) is 5.94. The largest absolute Gasteiger partial charge is 0.454 e. The van der Waals surface area contributed by atoms with Gasteiger partial charge in [0.15, 0.2) is 11.5 Å². The highest BCUT2D eigenvalue weighted by Gasteiger charge is 2.16. The highest BCUT2D eigenvalue weighted by molar-refractivity contribution is 5.45. The van der Waals surface area contributed by atoms with E-state index in [2.05, 4.69) is 19.1 Å². The third-order valence-corrected chi connectivity index (χ3v) is 3.06. The minimum Gasteiger partial charge on any atom is -0.454 e. The average molecular weight is 221 g/mol. The van der Waals surface area contributed by atoms with Crippen LogP contribution in [0.4, 0.5) is 0 Å². The maximum absolute atomic E-state index is 5.82. The van der Waals surface area contributed by atoms with Gasteiger partial charge in [-0.3, -0.25) is 0 Å². The normalized spacial score (nSPS) is 15.1. The van der Waals surface area contributed by atoms with Crippen LogP contribution in [0.5, 0.6) is 11.5 Å². The minimum atomic E-state index is 0.334. The van der Waals surface area contributed by atoms with Crippen molar-refractivity contribution >= 4 is 0 Å². The van der Waals surface area contributed by atoms with E-state index in [1.54, 1.807) is 0 Å². The summed E-state index contributed by atoms with van der Waals surface area (Å²) in [4.78, 5) is 0. The van der Waals surface area contributed by atoms with Gasteiger partial charge in [0.1, 0.15) is 0 Å². The standard InChI is InChI=1S/C13H19NO2/c1-2-3-4-11(8-14)10-5-6-12-13(7-10)16-9-15-12/h5-7,11H,2-4,8-9,14H2,1H3. The van der Waals surface area contributed by atoms with Crippen molar-refractivity contribution in [2.24, 2.45) is 5.73 Å². The van der Waals surface area contributed by atoms with Gasteiger partial charge in [-0.25, -0.2) is 0 Å². The molecule has 1 unspecified atom stereocenters. The zero-order valence-electron chi connectivity index (χ0n) is 9.74. The molecule has 0 aromatic heterocycles. The molecule has 0 aliphatic carbocycles. The van der Waals surface area contributed by atoms with Crippen LogP contribution >= 0.6 is 0 Å². The lowest BCUT2D eigenvalue weighted by Gasteiger charge is -2.15. The molecule has 1 aromatic carbocycles. The van der Waals surface area contributed by atoms with Crippen LogP contribution in [0.2, 0.25) is 0 Å². The number of rotatable bonds is 5. The van der Waals surface area contributed by atoms with Crippen molar-refractivity contribution in [2.45, 2.75) is 32.1 Å². The maximum Gasteiger partial charge on any atom is 0.231 e. The van der Waals surface area contributed by atoms with Gasteiger partial charge in [-0.05, 0) is 36.6 Å². The predicted molar refractivity (Wildman–Crippen MR) is 63.9 cm³/mol. The van der Waals surface area contributed by atoms with Gasteiger partial charge in [-0.2, -0.15) is 0 Å². The third kappa shape index (κ3) is 2.30. The highest BCUT2D eigenvalue weighted by Crippen LogP contribution is 2.35. The number of unbranched alkanes of at least 4 members (excludes halogenated alkanes) is 1. The van der Waals surface area contributed by atoms with Crippen LogP contribution < -0.4 is 15.2 Å². The Labute approximate surface area is 96.5 Å². The molecule has 1 atom stereocenters. The minimum absolute atomic E-state index is 0.334. The van der Waals surface area contributed by atoms with Crippen LogP contribution in [0.3, 0.4) is 0 Å². The summed E-state index contributed by atoms with van der Waals surface area (Å²) in [6.07, 6.45) is 3.57. The molecule has 1 aromatic rings. The molecular formula is C13H19NO2. The van der Waals surface area contributed by atoms with E-state index < -0.39 is 0 Å². The summed E-state index contributed by atoms with van der Waals surface area (Å²) < 4.78 is 10.7. The van der Waals surface area contributed by atoms with Crippen LogP contribution in [0, 0.1) is 0 Å². The maximum atomic E-state index is 5.82. The molecule has 1 aliphatic rings. The van der Waals surface area contributed by atoms with Crippen molar-refractivity contribution in [2.75, 3.05) is 13.3 Å². The van der Waals surface area contributed by atoms with Gasteiger partial charge >= 0.3 is 0 Å². The van der Waals surface area contributed by atoms with Gasteiger partial charge in [-0.15, -0.1) is 0 Å². The Hall–Kier alpha value is -1.22. The monoisotopic (exact) mass is 221 g/mol. The van der Waals surface area contributed by atoms with Gasteiger partial charge in [0.25, 0.3) is 0 Å². The molecule has 1 aliphatic heterocycles. The SMILES string of the molecule is CCCCC(CN)c1ccc2c(c1)OCO2. The Balaban J connectivity index is 2.12. The molecule has 0 saturated heterocycles. The Morgan fingerprint density at radius 1 is 1.31 bits per heavy atom. The van der Waals surface area contributed by atoms with Gasteiger partial charge in [-0.1, -0.05) is 25.8 Å². The van der Waals surface area contributed by atoms with Crippen molar-refractivity contribution in [1.29, 1.82) is 0 Å². The van der Waals surface area contributed by atoms with E-state index in [0.717, 1.165) is 17.9 Å². The molecule has 2 N–H and O–H groups in total. The van der Waals surface area contributed by atoms with E-state index >= 15 is 0 Å². The second kappa shape index (κ2) is 5.21. The number of hydrogen-bond donors (Lipinski definition) is 1. The molecular weight excluding hydrogens is 202 g/mol. The molecule has 0 radical (unpaired) electrons. The van der Waals surface area contributed by atoms with Crippen molar-refractivity contribution in [1.82, 2.24) is 0 Å². The number of benzene rings is 1. The molecule has 0 bridgehead atoms. The molecule has 88 valence electrons. The summed E-state index contributed by atoms with van der Waals surface area (Å²) in [6.45, 7) is 3.23. The zero-order valence-corrected chi connectivity index (χ0v) is 9.74. The molecule has 0 fully saturated rings. The van der Waals surface area contributed by atoms with Gasteiger partial charge in [0.05, 0.1) is 0 Å². The number of fused-ring (bicyclic) bond motifs is 1. The molecule has 0 saturated carbocycles. The van der Waals surface area contributed by atoms with Crippen molar-refractivity contribution < 1.29 is 9.47 Å². The van der Waals surface area contributed by atoms with E-state index in [1.165, 1.54) is 18.4 Å². The van der Waals surface area contributed by atoms with Crippen LogP contribution in [0.1, 0.15) is 37.7 Å². The lowest BCUT2D eigenvalue weighted by molar-refractivity contribution is 0.174. The third-order valence-electron chi connectivity index (χ3n) is 3.06. The van der Waals surface area contributed by atoms with E-state index in [-0.39, 0.29) is 0 Å². The van der Waals surface area contributed by atoms with Gasteiger partial charge in [0, 0.05) is 0 Å². The summed E-state index contributed by atoms with van der Waals surface area (Å²) in [5, 5.41) is 0. The van der Waals surface area contributed by atoms with Crippen molar-refractivity contribution in [3.8, 4) is 11.5 Å². The topological polar surface area (TPSA) is 44.5 Å². The zero-order chi connectivity index (χ0) is 11.4. The average Bonchev–Trinajstić information content (AvgIpc) is 2.77. The Morgan fingerprint density at radius 3 is 2.88 bits per heavy atom. The van der Waals surface area contributed by atoms with E-state index in [1.807, 2.05) is 6.07 Å². The van der Waals surface area contributed by atoms with Crippen molar-refractivity contribution in [3.63, 3.8) is 0 Å². The molecule has 0 amide bonds. The quantitative estimate of drug-likeness (QED) is 0.831. The fraction of sp³-hybridized carbons (Fsp3) is 0.538. The summed E-state index contributed by atoms with van der Waals surface area (Å²) in [6, 6.07) is 6.14. The van der Waals surface area contributed by atoms with Crippen LogP contribution in [0.25, 0.3) is 0 Å². The number of nitrogens with two attached hydrogens (primary N) is 1. The molecule has 1 heterocycles. The van der Waals surface area contributed by atoms with E-state index in [4.69, 9.17) is 15.2 Å². The smallest absolute Gasteiger partial charge is 0.231 e. The Kier molecular flexibility index (Phi) is 3.67. The summed E-state index contributed by atoms with van der Waals surface area (Å²) in [5.74, 6) is 2.14. The van der Waals surface area contributed by atoms with Crippen LogP contribution in [0.15, 0.2) is 18.2 Å². The molecule has 2 rings (SSSR count). The fourth-order valence-corrected chi connectivity index (χ4v) is 2.04. The molecule has 16 heavy (non-hydrogen) atoms. The first-order chi connectivity index (χ1) is 7.85. The number of ether oxygens (including phenoxy) is 2. The first kappa shape index (κ1) is 11.3.